The first-order valence-electron chi connectivity index (χ1n) is 4.04. The van der Waals surface area contributed by atoms with E-state index in [1.54, 1.807) is 22.7 Å². The van der Waals surface area contributed by atoms with Crippen LogP contribution in [0, 0.1) is 0 Å². The molecule has 0 aromatic heterocycles. The summed E-state index contributed by atoms with van der Waals surface area (Å²) in [4.78, 5) is 0. The highest BCUT2D eigenvalue weighted by Crippen LogP contribution is 1.71. The molecule has 0 aromatic rings. The van der Waals surface area contributed by atoms with Crippen LogP contribution in [-0.4, -0.2) is 42.7 Å². The molecule has 2 heterocycles. The SMILES string of the molecule is NN1C=N[NH+](C[NH+]2CN(N)C=N2)C1. The van der Waals surface area contributed by atoms with Gasteiger partial charge in [0, 0.05) is 0 Å². The van der Waals surface area contributed by atoms with E-state index in [2.05, 4.69) is 10.2 Å². The zero-order valence-corrected chi connectivity index (χ0v) is 7.22. The average Bonchev–Trinajstić information content (AvgIpc) is 2.62. The van der Waals surface area contributed by atoms with E-state index in [1.807, 2.05) is 0 Å². The predicted octanol–water partition coefficient (Wildman–Crippen LogP) is -5.11. The fraction of sp³-hybridized carbons (Fsp3) is 0.600. The van der Waals surface area contributed by atoms with Gasteiger partial charge in [-0.1, -0.05) is 10.2 Å². The fourth-order valence-electron chi connectivity index (χ4n) is 1.34. The van der Waals surface area contributed by atoms with E-state index in [-0.39, 0.29) is 0 Å². The summed E-state index contributed by atoms with van der Waals surface area (Å²) in [6, 6.07) is 0. The Labute approximate surface area is 75.6 Å². The zero-order valence-electron chi connectivity index (χ0n) is 7.22. The number of hydrazine groups is 2. The van der Waals surface area contributed by atoms with Crippen LogP contribution in [0.4, 0.5) is 0 Å². The summed E-state index contributed by atoms with van der Waals surface area (Å²) in [5.74, 6) is 11.0. The van der Waals surface area contributed by atoms with Crippen molar-refractivity contribution in [3.63, 3.8) is 0 Å². The van der Waals surface area contributed by atoms with Crippen molar-refractivity contribution in [1.82, 2.24) is 10.0 Å². The highest BCUT2D eigenvalue weighted by atomic mass is 15.7. The van der Waals surface area contributed by atoms with Crippen molar-refractivity contribution in [2.24, 2.45) is 21.9 Å². The normalized spacial score (nSPS) is 32.2. The summed E-state index contributed by atoms with van der Waals surface area (Å²) in [5, 5.41) is 13.5. The van der Waals surface area contributed by atoms with Gasteiger partial charge in [-0.15, -0.1) is 10.0 Å². The van der Waals surface area contributed by atoms with Crippen LogP contribution in [0.1, 0.15) is 0 Å². The lowest BCUT2D eigenvalue weighted by atomic mass is 10.8. The Morgan fingerprint density at radius 3 is 1.85 bits per heavy atom. The molecule has 2 aliphatic rings. The molecule has 8 nitrogen and oxygen atoms in total. The van der Waals surface area contributed by atoms with Crippen molar-refractivity contribution >= 4 is 12.7 Å². The molecule has 0 bridgehead atoms. The molecule has 0 aromatic carbocycles. The molecule has 0 spiro atoms. The number of nitrogens with zero attached hydrogens (tertiary/aromatic N) is 4. The van der Waals surface area contributed by atoms with E-state index >= 15 is 0 Å². The summed E-state index contributed by atoms with van der Waals surface area (Å²) in [6.07, 6.45) is 3.24. The third-order valence-corrected chi connectivity index (χ3v) is 1.92. The minimum Gasteiger partial charge on any atom is -0.243 e. The van der Waals surface area contributed by atoms with Gasteiger partial charge in [0.15, 0.2) is 26.0 Å². The second-order valence-corrected chi connectivity index (χ2v) is 3.14. The Bertz CT molecular complexity index is 213. The molecule has 0 radical (unpaired) electrons. The number of rotatable bonds is 2. The Balaban J connectivity index is 1.80. The zero-order chi connectivity index (χ0) is 9.26. The number of quaternary nitrogens is 2. The number of nitrogens with one attached hydrogen (secondary N) is 2. The molecule has 2 rings (SSSR count). The summed E-state index contributed by atoms with van der Waals surface area (Å²) >= 11 is 0. The standard InChI is InChI=1S/C5H12N8/c6-10-1-8-12(3-10)5-13-4-11(7)2-9-13/h1-2H,3-7H2/p+2. The maximum atomic E-state index is 5.51. The molecule has 0 amide bonds. The van der Waals surface area contributed by atoms with E-state index in [0.29, 0.717) is 13.3 Å². The van der Waals surface area contributed by atoms with Gasteiger partial charge in [0.25, 0.3) is 6.67 Å². The lowest BCUT2D eigenvalue weighted by Gasteiger charge is -2.12. The molecule has 0 fully saturated rings. The quantitative estimate of drug-likeness (QED) is 0.325. The van der Waals surface area contributed by atoms with Gasteiger partial charge in [-0.05, 0) is 0 Å². The minimum absolute atomic E-state index is 0.684. The monoisotopic (exact) mass is 186 g/mol. The van der Waals surface area contributed by atoms with Crippen LogP contribution in [0.3, 0.4) is 0 Å². The summed E-state index contributed by atoms with van der Waals surface area (Å²) in [7, 11) is 0. The molecule has 6 N–H and O–H groups in total. The molecule has 0 saturated heterocycles. The van der Waals surface area contributed by atoms with Crippen LogP contribution in [-0.2, 0) is 0 Å². The van der Waals surface area contributed by atoms with E-state index in [1.165, 1.54) is 0 Å². The van der Waals surface area contributed by atoms with Crippen molar-refractivity contribution in [1.29, 1.82) is 0 Å². The molecular formula is C5H14N8+2. The maximum absolute atomic E-state index is 5.51. The van der Waals surface area contributed by atoms with Gasteiger partial charge in [0.05, 0.1) is 0 Å². The number of nitrogens with two attached hydrogens (primary N) is 2. The minimum atomic E-state index is 0.684. The third kappa shape index (κ3) is 1.92. The van der Waals surface area contributed by atoms with Gasteiger partial charge in [-0.2, -0.15) is 0 Å². The van der Waals surface area contributed by atoms with E-state index in [4.69, 9.17) is 11.7 Å². The van der Waals surface area contributed by atoms with Crippen LogP contribution in [0.5, 0.6) is 0 Å². The molecule has 2 aliphatic heterocycles. The molecule has 8 heteroatoms. The molecule has 0 saturated carbocycles. The van der Waals surface area contributed by atoms with Crippen molar-refractivity contribution in [3.8, 4) is 0 Å². The lowest BCUT2D eigenvalue weighted by molar-refractivity contribution is -1.09. The van der Waals surface area contributed by atoms with Gasteiger partial charge < -0.3 is 0 Å². The fourth-order valence-corrected chi connectivity index (χ4v) is 1.34. The van der Waals surface area contributed by atoms with Crippen LogP contribution in [0.2, 0.25) is 0 Å². The van der Waals surface area contributed by atoms with Gasteiger partial charge in [-0.3, -0.25) is 0 Å². The van der Waals surface area contributed by atoms with Crippen molar-refractivity contribution in [2.45, 2.75) is 0 Å². The number of hydrogen-bond acceptors (Lipinski definition) is 6. The first-order chi connectivity index (χ1) is 6.24. The van der Waals surface area contributed by atoms with Crippen LogP contribution in [0.15, 0.2) is 10.2 Å². The van der Waals surface area contributed by atoms with Gasteiger partial charge in [0.1, 0.15) is 0 Å². The highest BCUT2D eigenvalue weighted by Gasteiger charge is 2.25. The maximum Gasteiger partial charge on any atom is 0.255 e. The first-order valence-corrected chi connectivity index (χ1v) is 4.04. The molecule has 0 aliphatic carbocycles. The molecule has 2 atom stereocenters. The van der Waals surface area contributed by atoms with Crippen molar-refractivity contribution in [2.75, 3.05) is 20.0 Å². The summed E-state index contributed by atoms with van der Waals surface area (Å²) < 4.78 is 0. The third-order valence-electron chi connectivity index (χ3n) is 1.92. The van der Waals surface area contributed by atoms with Gasteiger partial charge >= 0.3 is 0 Å². The van der Waals surface area contributed by atoms with Crippen LogP contribution >= 0.6 is 0 Å². The van der Waals surface area contributed by atoms with E-state index in [9.17, 15) is 0 Å². The van der Waals surface area contributed by atoms with Gasteiger partial charge in [-0.25, -0.2) is 21.7 Å². The highest BCUT2D eigenvalue weighted by molar-refractivity contribution is 5.53. The Morgan fingerprint density at radius 2 is 1.54 bits per heavy atom. The molecule has 13 heavy (non-hydrogen) atoms. The number of hydrogen-bond donors (Lipinski definition) is 4. The Kier molecular flexibility index (Phi) is 2.10. The van der Waals surface area contributed by atoms with Crippen LogP contribution in [0.25, 0.3) is 0 Å². The Hall–Kier alpha value is -1.22. The second-order valence-electron chi connectivity index (χ2n) is 3.14. The van der Waals surface area contributed by atoms with Gasteiger partial charge in [0.2, 0.25) is 0 Å². The van der Waals surface area contributed by atoms with Crippen molar-refractivity contribution < 1.29 is 10.0 Å². The summed E-state index contributed by atoms with van der Waals surface area (Å²) in [5.41, 5.74) is 0. The first kappa shape index (κ1) is 8.38. The van der Waals surface area contributed by atoms with Crippen molar-refractivity contribution in [3.05, 3.63) is 0 Å². The topological polar surface area (TPSA) is 92.1 Å². The predicted molar refractivity (Wildman–Crippen MR) is 45.6 cm³/mol. The van der Waals surface area contributed by atoms with E-state index < -0.39 is 0 Å². The van der Waals surface area contributed by atoms with E-state index in [0.717, 1.165) is 16.7 Å². The largest absolute Gasteiger partial charge is 0.255 e. The summed E-state index contributed by atoms with van der Waals surface area (Å²) in [6.45, 7) is 2.13. The second kappa shape index (κ2) is 3.26. The lowest BCUT2D eigenvalue weighted by Crippen LogP contribution is -3.27. The molecule has 2 unspecified atom stereocenters. The average molecular weight is 186 g/mol. The molecular weight excluding hydrogens is 172 g/mol. The molecule has 72 valence electrons. The smallest absolute Gasteiger partial charge is 0.243 e. The Morgan fingerprint density at radius 1 is 1.08 bits per heavy atom. The van der Waals surface area contributed by atoms with Crippen LogP contribution < -0.4 is 21.7 Å².